The van der Waals surface area contributed by atoms with E-state index in [-0.39, 0.29) is 17.5 Å². The van der Waals surface area contributed by atoms with Gasteiger partial charge in [0.2, 0.25) is 0 Å². The van der Waals surface area contributed by atoms with Gasteiger partial charge in [0.05, 0.1) is 5.56 Å². The van der Waals surface area contributed by atoms with E-state index < -0.39 is 17.6 Å². The summed E-state index contributed by atoms with van der Waals surface area (Å²) in [4.78, 5) is 2.11. The van der Waals surface area contributed by atoms with Crippen LogP contribution in [0, 0.1) is 11.7 Å². The number of hydrogen-bond acceptors (Lipinski definition) is 3. The van der Waals surface area contributed by atoms with Crippen molar-refractivity contribution >= 4 is 0 Å². The highest BCUT2D eigenvalue weighted by molar-refractivity contribution is 5.34. The molecule has 3 nitrogen and oxygen atoms in total. The first-order chi connectivity index (χ1) is 11.5. The molecule has 0 unspecified atom stereocenters. The summed E-state index contributed by atoms with van der Waals surface area (Å²) in [6, 6.07) is 2.73. The fraction of sp³-hybridized carbons (Fsp3) is 0.647. The van der Waals surface area contributed by atoms with E-state index in [0.29, 0.717) is 32.4 Å². The number of alkyl halides is 3. The Bertz CT molecular complexity index is 534. The third kappa shape index (κ3) is 3.90. The minimum absolute atomic E-state index is 0.0865. The molecule has 0 bridgehead atoms. The Balaban J connectivity index is 2.01. The van der Waals surface area contributed by atoms with Gasteiger partial charge in [-0.25, -0.2) is 4.39 Å². The van der Waals surface area contributed by atoms with Crippen molar-refractivity contribution < 1.29 is 22.3 Å². The topological polar surface area (TPSA) is 24.5 Å². The minimum atomic E-state index is -4.56. The summed E-state index contributed by atoms with van der Waals surface area (Å²) in [5, 5.41) is 3.23. The van der Waals surface area contributed by atoms with E-state index >= 15 is 0 Å². The number of rotatable bonds is 3. The molecule has 2 fully saturated rings. The van der Waals surface area contributed by atoms with E-state index in [9.17, 15) is 17.6 Å². The SMILES string of the molecule is Fc1ccc([C@@H](C2CCOCC2)N2CCNCC2)c(C(F)(F)F)c1. The molecule has 0 amide bonds. The summed E-state index contributed by atoms with van der Waals surface area (Å²) in [6.07, 6.45) is -3.11. The van der Waals surface area contributed by atoms with Gasteiger partial charge in [0.1, 0.15) is 5.82 Å². The van der Waals surface area contributed by atoms with Crippen molar-refractivity contribution in [1.29, 1.82) is 0 Å². The minimum Gasteiger partial charge on any atom is -0.381 e. The standard InChI is InChI=1S/C17H22F4N2O/c18-13-1-2-14(15(11-13)17(19,20)21)16(12-3-9-24-10-4-12)23-7-5-22-6-8-23/h1-2,11-12,16,22H,3-10H2/t16-/m1/s1. The second kappa shape index (κ2) is 7.37. The monoisotopic (exact) mass is 346 g/mol. The van der Waals surface area contributed by atoms with Crippen molar-refractivity contribution in [3.8, 4) is 0 Å². The highest BCUT2D eigenvalue weighted by Gasteiger charge is 2.40. The first-order valence-corrected chi connectivity index (χ1v) is 8.36. The first-order valence-electron chi connectivity index (χ1n) is 8.36. The van der Waals surface area contributed by atoms with Gasteiger partial charge >= 0.3 is 6.18 Å². The number of benzene rings is 1. The van der Waals surface area contributed by atoms with E-state index in [2.05, 4.69) is 10.2 Å². The van der Waals surface area contributed by atoms with Gasteiger partial charge in [0.25, 0.3) is 0 Å². The van der Waals surface area contributed by atoms with E-state index in [1.54, 1.807) is 0 Å². The molecule has 1 aromatic rings. The summed E-state index contributed by atoms with van der Waals surface area (Å²) in [6.45, 7) is 4.02. The summed E-state index contributed by atoms with van der Waals surface area (Å²) in [7, 11) is 0. The van der Waals surface area contributed by atoms with Crippen molar-refractivity contribution in [1.82, 2.24) is 10.2 Å². The third-order valence-corrected chi connectivity index (χ3v) is 4.90. The molecule has 134 valence electrons. The van der Waals surface area contributed by atoms with Gasteiger partial charge in [-0.3, -0.25) is 4.90 Å². The molecule has 24 heavy (non-hydrogen) atoms. The fourth-order valence-corrected chi connectivity index (χ4v) is 3.77. The van der Waals surface area contributed by atoms with Crippen LogP contribution in [0.2, 0.25) is 0 Å². The van der Waals surface area contributed by atoms with Gasteiger partial charge in [0, 0.05) is 45.4 Å². The van der Waals surface area contributed by atoms with Crippen LogP contribution in [0.5, 0.6) is 0 Å². The lowest BCUT2D eigenvalue weighted by Gasteiger charge is -2.42. The molecule has 3 rings (SSSR count). The second-order valence-electron chi connectivity index (χ2n) is 6.41. The number of nitrogens with zero attached hydrogens (tertiary/aromatic N) is 1. The van der Waals surface area contributed by atoms with Gasteiger partial charge in [-0.05, 0) is 36.5 Å². The Kier molecular flexibility index (Phi) is 5.42. The number of nitrogens with one attached hydrogen (secondary N) is 1. The summed E-state index contributed by atoms with van der Waals surface area (Å²) in [5.74, 6) is -0.763. The lowest BCUT2D eigenvalue weighted by atomic mass is 9.83. The number of piperazine rings is 1. The maximum atomic E-state index is 13.5. The predicted octanol–water partition coefficient (Wildman–Crippen LogP) is 3.22. The van der Waals surface area contributed by atoms with Crippen LogP contribution in [0.25, 0.3) is 0 Å². The van der Waals surface area contributed by atoms with E-state index in [1.807, 2.05) is 0 Å². The van der Waals surface area contributed by atoms with E-state index in [0.717, 1.165) is 32.0 Å². The third-order valence-electron chi connectivity index (χ3n) is 4.90. The van der Waals surface area contributed by atoms with Gasteiger partial charge in [-0.15, -0.1) is 0 Å². The molecular weight excluding hydrogens is 324 g/mol. The normalized spacial score (nSPS) is 22.5. The molecule has 0 radical (unpaired) electrons. The summed E-state index contributed by atoms with van der Waals surface area (Å²) < 4.78 is 59.4. The lowest BCUT2D eigenvalue weighted by Crippen LogP contribution is -2.48. The molecule has 2 saturated heterocycles. The Morgan fingerprint density at radius 3 is 2.42 bits per heavy atom. The number of halogens is 4. The largest absolute Gasteiger partial charge is 0.416 e. The van der Waals surface area contributed by atoms with Crippen molar-refractivity contribution in [3.05, 3.63) is 35.1 Å². The van der Waals surface area contributed by atoms with Crippen LogP contribution < -0.4 is 5.32 Å². The molecule has 0 spiro atoms. The van der Waals surface area contributed by atoms with Gasteiger partial charge in [-0.1, -0.05) is 6.07 Å². The highest BCUT2D eigenvalue weighted by Crippen LogP contribution is 2.42. The zero-order chi connectivity index (χ0) is 17.2. The Morgan fingerprint density at radius 1 is 1.12 bits per heavy atom. The Morgan fingerprint density at radius 2 is 1.79 bits per heavy atom. The first kappa shape index (κ1) is 17.6. The average Bonchev–Trinajstić information content (AvgIpc) is 2.57. The van der Waals surface area contributed by atoms with Gasteiger partial charge in [0.15, 0.2) is 0 Å². The van der Waals surface area contributed by atoms with Gasteiger partial charge in [-0.2, -0.15) is 13.2 Å². The zero-order valence-corrected chi connectivity index (χ0v) is 13.4. The highest BCUT2D eigenvalue weighted by atomic mass is 19.4. The average molecular weight is 346 g/mol. The van der Waals surface area contributed by atoms with Crippen LogP contribution in [0.15, 0.2) is 18.2 Å². The maximum absolute atomic E-state index is 13.5. The fourth-order valence-electron chi connectivity index (χ4n) is 3.77. The Hall–Kier alpha value is -1.18. The van der Waals surface area contributed by atoms with E-state index in [4.69, 9.17) is 4.74 Å². The molecule has 0 saturated carbocycles. The quantitative estimate of drug-likeness (QED) is 0.851. The van der Waals surface area contributed by atoms with Gasteiger partial charge < -0.3 is 10.1 Å². The summed E-state index contributed by atoms with van der Waals surface area (Å²) >= 11 is 0. The molecule has 1 N–H and O–H groups in total. The van der Waals surface area contributed by atoms with Crippen LogP contribution in [0.1, 0.15) is 30.0 Å². The molecule has 2 heterocycles. The maximum Gasteiger partial charge on any atom is 0.416 e. The van der Waals surface area contributed by atoms with E-state index in [1.165, 1.54) is 6.07 Å². The molecule has 2 aliphatic rings. The number of ether oxygens (including phenoxy) is 1. The Labute approximate surface area is 139 Å². The van der Waals surface area contributed by atoms with Crippen LogP contribution in [-0.2, 0) is 10.9 Å². The number of hydrogen-bond donors (Lipinski definition) is 1. The molecule has 0 aliphatic carbocycles. The molecule has 1 atom stereocenters. The molecule has 2 aliphatic heterocycles. The van der Waals surface area contributed by atoms with Crippen LogP contribution in [0.4, 0.5) is 17.6 Å². The van der Waals surface area contributed by atoms with Crippen LogP contribution in [-0.4, -0.2) is 44.3 Å². The van der Waals surface area contributed by atoms with Crippen molar-refractivity contribution in [2.45, 2.75) is 25.1 Å². The van der Waals surface area contributed by atoms with Crippen LogP contribution in [0.3, 0.4) is 0 Å². The summed E-state index contributed by atoms with van der Waals surface area (Å²) in [5.41, 5.74) is -0.657. The molecule has 1 aromatic carbocycles. The van der Waals surface area contributed by atoms with Crippen molar-refractivity contribution in [2.75, 3.05) is 39.4 Å². The molecule has 0 aromatic heterocycles. The predicted molar refractivity (Wildman–Crippen MR) is 82.1 cm³/mol. The lowest BCUT2D eigenvalue weighted by molar-refractivity contribution is -0.139. The van der Waals surface area contributed by atoms with Crippen molar-refractivity contribution in [3.63, 3.8) is 0 Å². The zero-order valence-electron chi connectivity index (χ0n) is 13.4. The smallest absolute Gasteiger partial charge is 0.381 e. The van der Waals surface area contributed by atoms with Crippen molar-refractivity contribution in [2.24, 2.45) is 5.92 Å². The second-order valence-corrected chi connectivity index (χ2v) is 6.41. The molecule has 7 heteroatoms. The van der Waals surface area contributed by atoms with Crippen LogP contribution >= 0.6 is 0 Å². The molecular formula is C17H22F4N2O.